The number of rotatable bonds is 3. The van der Waals surface area contributed by atoms with Crippen LogP contribution in [0, 0.1) is 0 Å². The zero-order valence-corrected chi connectivity index (χ0v) is 9.72. The van der Waals surface area contributed by atoms with E-state index >= 15 is 0 Å². The van der Waals surface area contributed by atoms with E-state index in [2.05, 4.69) is 10.5 Å². The van der Waals surface area contributed by atoms with Gasteiger partial charge in [-0.15, -0.1) is 0 Å². The van der Waals surface area contributed by atoms with Crippen molar-refractivity contribution in [2.24, 2.45) is 5.10 Å². The summed E-state index contributed by atoms with van der Waals surface area (Å²) in [5.41, 5.74) is 12.4. The average molecular weight is 225 g/mol. The first-order valence-electron chi connectivity index (χ1n) is 5.47. The molecule has 0 aliphatic carbocycles. The summed E-state index contributed by atoms with van der Waals surface area (Å²) in [6.07, 6.45) is 0. The SMILES string of the molecule is CC(=NNc1ccccc1)c1ccc(N)cc1. The minimum atomic E-state index is 0.762. The van der Waals surface area contributed by atoms with Gasteiger partial charge in [0.15, 0.2) is 0 Å². The van der Waals surface area contributed by atoms with Gasteiger partial charge in [0.25, 0.3) is 0 Å². The fraction of sp³-hybridized carbons (Fsp3) is 0.0714. The molecule has 0 unspecified atom stereocenters. The van der Waals surface area contributed by atoms with Gasteiger partial charge in [0.05, 0.1) is 11.4 Å². The van der Waals surface area contributed by atoms with Gasteiger partial charge < -0.3 is 5.73 Å². The van der Waals surface area contributed by atoms with Crippen molar-refractivity contribution in [2.45, 2.75) is 6.92 Å². The zero-order valence-electron chi connectivity index (χ0n) is 9.72. The molecule has 0 saturated heterocycles. The number of hydrazone groups is 1. The van der Waals surface area contributed by atoms with Gasteiger partial charge in [0.1, 0.15) is 0 Å². The lowest BCUT2D eigenvalue weighted by Crippen LogP contribution is -1.99. The topological polar surface area (TPSA) is 50.4 Å². The molecule has 86 valence electrons. The van der Waals surface area contributed by atoms with E-state index in [1.165, 1.54) is 0 Å². The monoisotopic (exact) mass is 225 g/mol. The first kappa shape index (κ1) is 11.2. The molecule has 17 heavy (non-hydrogen) atoms. The van der Waals surface area contributed by atoms with E-state index in [1.807, 2.05) is 61.5 Å². The van der Waals surface area contributed by atoms with Crippen LogP contribution in [0.25, 0.3) is 0 Å². The molecule has 0 amide bonds. The molecule has 0 aliphatic heterocycles. The first-order chi connectivity index (χ1) is 8.25. The lowest BCUT2D eigenvalue weighted by Gasteiger charge is -2.03. The molecule has 0 fully saturated rings. The number of anilines is 2. The van der Waals surface area contributed by atoms with Gasteiger partial charge in [-0.25, -0.2) is 0 Å². The van der Waals surface area contributed by atoms with Crippen molar-refractivity contribution in [3.8, 4) is 0 Å². The highest BCUT2D eigenvalue weighted by molar-refractivity contribution is 5.99. The molecule has 0 radical (unpaired) electrons. The lowest BCUT2D eigenvalue weighted by atomic mass is 10.1. The smallest absolute Gasteiger partial charge is 0.0648 e. The van der Waals surface area contributed by atoms with E-state index in [0.29, 0.717) is 0 Å². The van der Waals surface area contributed by atoms with Gasteiger partial charge in [-0.3, -0.25) is 5.43 Å². The number of hydrogen-bond donors (Lipinski definition) is 2. The minimum Gasteiger partial charge on any atom is -0.399 e. The summed E-state index contributed by atoms with van der Waals surface area (Å²) in [6.45, 7) is 1.96. The Morgan fingerprint density at radius 2 is 1.65 bits per heavy atom. The van der Waals surface area contributed by atoms with Gasteiger partial charge in [0.2, 0.25) is 0 Å². The van der Waals surface area contributed by atoms with Crippen molar-refractivity contribution in [1.82, 2.24) is 0 Å². The Kier molecular flexibility index (Phi) is 3.40. The van der Waals surface area contributed by atoms with Crippen LogP contribution in [-0.4, -0.2) is 5.71 Å². The standard InChI is InChI=1S/C14H15N3/c1-11(12-7-9-13(15)10-8-12)16-17-14-5-3-2-4-6-14/h2-10,17H,15H2,1H3. The number of nitrogens with two attached hydrogens (primary N) is 1. The van der Waals surface area contributed by atoms with Crippen LogP contribution >= 0.6 is 0 Å². The second kappa shape index (κ2) is 5.16. The van der Waals surface area contributed by atoms with E-state index in [0.717, 1.165) is 22.6 Å². The minimum absolute atomic E-state index is 0.762. The van der Waals surface area contributed by atoms with E-state index in [1.54, 1.807) is 0 Å². The maximum atomic E-state index is 5.64. The van der Waals surface area contributed by atoms with Gasteiger partial charge >= 0.3 is 0 Å². The number of nitrogen functional groups attached to an aromatic ring is 1. The Labute approximate surface area is 101 Å². The third-order valence-corrected chi connectivity index (χ3v) is 2.45. The second-order valence-corrected chi connectivity index (χ2v) is 3.80. The number of para-hydroxylation sites is 1. The Hall–Kier alpha value is -2.29. The summed E-state index contributed by atoms with van der Waals surface area (Å²) in [7, 11) is 0. The number of hydrogen-bond acceptors (Lipinski definition) is 3. The Morgan fingerprint density at radius 1 is 1.00 bits per heavy atom. The van der Waals surface area contributed by atoms with Crippen LogP contribution in [0.1, 0.15) is 12.5 Å². The summed E-state index contributed by atoms with van der Waals surface area (Å²) in [5, 5.41) is 4.32. The molecular weight excluding hydrogens is 210 g/mol. The van der Waals surface area contributed by atoms with E-state index in [-0.39, 0.29) is 0 Å². The lowest BCUT2D eigenvalue weighted by molar-refractivity contribution is 1.32. The highest BCUT2D eigenvalue weighted by Crippen LogP contribution is 2.08. The zero-order chi connectivity index (χ0) is 12.1. The molecule has 3 N–H and O–H groups in total. The van der Waals surface area contributed by atoms with Gasteiger partial charge in [-0.2, -0.15) is 5.10 Å². The molecule has 0 saturated carbocycles. The maximum absolute atomic E-state index is 5.64. The molecule has 3 heteroatoms. The molecule has 0 aliphatic rings. The average Bonchev–Trinajstić information content (AvgIpc) is 2.38. The van der Waals surface area contributed by atoms with E-state index in [9.17, 15) is 0 Å². The fourth-order valence-corrected chi connectivity index (χ4v) is 1.45. The normalized spacial score (nSPS) is 11.2. The highest BCUT2D eigenvalue weighted by atomic mass is 15.3. The molecular formula is C14H15N3. The fourth-order valence-electron chi connectivity index (χ4n) is 1.45. The van der Waals surface area contributed by atoms with Crippen molar-refractivity contribution in [3.05, 3.63) is 60.2 Å². The molecule has 0 bridgehead atoms. The van der Waals surface area contributed by atoms with Crippen molar-refractivity contribution < 1.29 is 0 Å². The van der Waals surface area contributed by atoms with E-state index in [4.69, 9.17) is 5.73 Å². The van der Waals surface area contributed by atoms with Crippen molar-refractivity contribution in [2.75, 3.05) is 11.2 Å². The molecule has 0 heterocycles. The van der Waals surface area contributed by atoms with Crippen molar-refractivity contribution >= 4 is 17.1 Å². The third-order valence-electron chi connectivity index (χ3n) is 2.45. The molecule has 3 nitrogen and oxygen atoms in total. The van der Waals surface area contributed by atoms with Crippen LogP contribution in [0.4, 0.5) is 11.4 Å². The number of nitrogens with one attached hydrogen (secondary N) is 1. The van der Waals surface area contributed by atoms with Crippen LogP contribution < -0.4 is 11.2 Å². The van der Waals surface area contributed by atoms with Crippen molar-refractivity contribution in [1.29, 1.82) is 0 Å². The molecule has 2 aromatic carbocycles. The summed E-state index contributed by atoms with van der Waals surface area (Å²) >= 11 is 0. The Bertz CT molecular complexity index is 501. The molecule has 0 atom stereocenters. The van der Waals surface area contributed by atoms with Crippen LogP contribution in [0.3, 0.4) is 0 Å². The summed E-state index contributed by atoms with van der Waals surface area (Å²) < 4.78 is 0. The molecule has 0 aromatic heterocycles. The predicted octanol–water partition coefficient (Wildman–Crippen LogP) is 3.10. The first-order valence-corrected chi connectivity index (χ1v) is 5.47. The van der Waals surface area contributed by atoms with Crippen LogP contribution in [-0.2, 0) is 0 Å². The maximum Gasteiger partial charge on any atom is 0.0648 e. The van der Waals surface area contributed by atoms with Gasteiger partial charge in [0, 0.05) is 5.69 Å². The summed E-state index contributed by atoms with van der Waals surface area (Å²) in [4.78, 5) is 0. The molecule has 2 rings (SSSR count). The van der Waals surface area contributed by atoms with Gasteiger partial charge in [-0.1, -0.05) is 30.3 Å². The van der Waals surface area contributed by atoms with Crippen LogP contribution in [0.2, 0.25) is 0 Å². The summed E-state index contributed by atoms with van der Waals surface area (Å²) in [5.74, 6) is 0. The Balaban J connectivity index is 2.10. The predicted molar refractivity (Wildman–Crippen MR) is 73.1 cm³/mol. The molecule has 2 aromatic rings. The van der Waals surface area contributed by atoms with Crippen LogP contribution in [0.15, 0.2) is 59.7 Å². The number of benzene rings is 2. The number of nitrogens with zero attached hydrogens (tertiary/aromatic N) is 1. The van der Waals surface area contributed by atoms with Crippen LogP contribution in [0.5, 0.6) is 0 Å². The largest absolute Gasteiger partial charge is 0.399 e. The third kappa shape index (κ3) is 3.08. The highest BCUT2D eigenvalue weighted by Gasteiger charge is 1.96. The second-order valence-electron chi connectivity index (χ2n) is 3.80. The van der Waals surface area contributed by atoms with Gasteiger partial charge in [-0.05, 0) is 36.8 Å². The Morgan fingerprint density at radius 3 is 2.29 bits per heavy atom. The van der Waals surface area contributed by atoms with Crippen molar-refractivity contribution in [3.63, 3.8) is 0 Å². The molecule has 0 spiro atoms. The quantitative estimate of drug-likeness (QED) is 0.479. The van der Waals surface area contributed by atoms with E-state index < -0.39 is 0 Å². The summed E-state index contributed by atoms with van der Waals surface area (Å²) in [6, 6.07) is 17.5.